The molecule has 0 unspecified atom stereocenters. The molecule has 8 heteroatoms. The summed E-state index contributed by atoms with van der Waals surface area (Å²) in [6, 6.07) is -1.55. The minimum Gasteiger partial charge on any atom is -0.394 e. The first-order valence-electron chi connectivity index (χ1n) is 4.58. The molecule has 1 amide bonds. The average molecular weight is 245 g/mol. The number of hydrogen-bond donors (Lipinski definition) is 4. The maximum atomic E-state index is 11.9. The molecule has 4 N–H and O–H groups in total. The molecule has 0 aromatic carbocycles. The van der Waals surface area contributed by atoms with Crippen molar-refractivity contribution < 1.29 is 33.3 Å². The van der Waals surface area contributed by atoms with Crippen molar-refractivity contribution in [1.29, 1.82) is 0 Å². The highest BCUT2D eigenvalue weighted by Gasteiger charge is 2.41. The van der Waals surface area contributed by atoms with E-state index in [1.807, 2.05) is 0 Å². The van der Waals surface area contributed by atoms with Crippen LogP contribution < -0.4 is 5.32 Å². The van der Waals surface area contributed by atoms with Crippen molar-refractivity contribution in [3.8, 4) is 0 Å². The Morgan fingerprint density at radius 1 is 1.38 bits per heavy atom. The van der Waals surface area contributed by atoms with Crippen molar-refractivity contribution in [2.45, 2.75) is 37.8 Å². The molecule has 0 saturated carbocycles. The lowest BCUT2D eigenvalue weighted by atomic mass is 10.0. The number of aliphatic hydroxyl groups is 3. The van der Waals surface area contributed by atoms with Crippen LogP contribution in [0.5, 0.6) is 0 Å². The molecule has 0 aliphatic heterocycles. The highest BCUT2D eigenvalue weighted by atomic mass is 19.4. The first-order chi connectivity index (χ1) is 7.23. The summed E-state index contributed by atoms with van der Waals surface area (Å²) in [4.78, 5) is 10.5. The number of nitrogens with one attached hydrogen (secondary N) is 1. The zero-order valence-electron chi connectivity index (χ0n) is 8.53. The van der Waals surface area contributed by atoms with E-state index in [4.69, 9.17) is 10.2 Å². The van der Waals surface area contributed by atoms with Crippen molar-refractivity contribution >= 4 is 5.91 Å². The van der Waals surface area contributed by atoms with Gasteiger partial charge in [0.25, 0.3) is 0 Å². The summed E-state index contributed by atoms with van der Waals surface area (Å²) in [6.07, 6.45) is -7.98. The number of aliphatic hydroxyl groups excluding tert-OH is 3. The van der Waals surface area contributed by atoms with E-state index in [2.05, 4.69) is 0 Å². The van der Waals surface area contributed by atoms with Crippen LogP contribution in [0.4, 0.5) is 13.2 Å². The molecule has 0 saturated heterocycles. The third-order valence-corrected chi connectivity index (χ3v) is 2.00. The average Bonchev–Trinajstić information content (AvgIpc) is 2.21. The van der Waals surface area contributed by atoms with Crippen molar-refractivity contribution in [2.75, 3.05) is 6.61 Å². The standard InChI is InChI=1S/C8H14F3NO4/c1-2-5(14)6(15)4(3-13)12-7(16)8(9,10)11/h4-6,13-15H,2-3H2,1H3,(H,12,16)/t4-,5+,6-/m0/s1. The normalized spacial score (nSPS) is 17.7. The van der Waals surface area contributed by atoms with Gasteiger partial charge in [-0.3, -0.25) is 4.79 Å². The summed E-state index contributed by atoms with van der Waals surface area (Å²) in [5.74, 6) is -2.27. The van der Waals surface area contributed by atoms with Crippen LogP contribution in [0.25, 0.3) is 0 Å². The molecule has 0 radical (unpaired) electrons. The van der Waals surface area contributed by atoms with Gasteiger partial charge in [-0.05, 0) is 6.42 Å². The minimum atomic E-state index is -5.09. The van der Waals surface area contributed by atoms with Gasteiger partial charge < -0.3 is 20.6 Å². The number of rotatable bonds is 5. The van der Waals surface area contributed by atoms with E-state index in [-0.39, 0.29) is 6.42 Å². The molecule has 0 aromatic heterocycles. The van der Waals surface area contributed by atoms with Gasteiger partial charge in [-0.15, -0.1) is 0 Å². The third-order valence-electron chi connectivity index (χ3n) is 2.00. The maximum absolute atomic E-state index is 11.9. The van der Waals surface area contributed by atoms with Gasteiger partial charge in [-0.25, -0.2) is 0 Å². The molecule has 16 heavy (non-hydrogen) atoms. The monoisotopic (exact) mass is 245 g/mol. The molecule has 96 valence electrons. The molecule has 0 fully saturated rings. The first-order valence-corrected chi connectivity index (χ1v) is 4.58. The summed E-state index contributed by atoms with van der Waals surface area (Å²) in [7, 11) is 0. The number of carbonyl (C=O) groups is 1. The van der Waals surface area contributed by atoms with E-state index in [0.717, 1.165) is 0 Å². The summed E-state index contributed by atoms with van der Waals surface area (Å²) in [5, 5.41) is 28.5. The molecule has 0 aliphatic rings. The second kappa shape index (κ2) is 6.02. The zero-order valence-corrected chi connectivity index (χ0v) is 8.53. The van der Waals surface area contributed by atoms with Crippen LogP contribution in [0.2, 0.25) is 0 Å². The van der Waals surface area contributed by atoms with E-state index in [1.54, 1.807) is 0 Å². The van der Waals surface area contributed by atoms with Crippen LogP contribution >= 0.6 is 0 Å². The topological polar surface area (TPSA) is 89.8 Å². The Kier molecular flexibility index (Phi) is 5.70. The first kappa shape index (κ1) is 15.1. The van der Waals surface area contributed by atoms with Gasteiger partial charge in [0.15, 0.2) is 0 Å². The van der Waals surface area contributed by atoms with E-state index in [9.17, 15) is 23.1 Å². The van der Waals surface area contributed by atoms with Gasteiger partial charge in [0.2, 0.25) is 0 Å². The zero-order chi connectivity index (χ0) is 12.9. The molecular formula is C8H14F3NO4. The molecule has 3 atom stereocenters. The molecule has 0 bridgehead atoms. The fourth-order valence-corrected chi connectivity index (χ4v) is 0.999. The molecular weight excluding hydrogens is 231 g/mol. The molecule has 0 heterocycles. The number of hydrogen-bond acceptors (Lipinski definition) is 4. The van der Waals surface area contributed by atoms with Crippen LogP contribution in [-0.4, -0.2) is 52.3 Å². The lowest BCUT2D eigenvalue weighted by Gasteiger charge is -2.25. The summed E-state index contributed by atoms with van der Waals surface area (Å²) < 4.78 is 35.6. The van der Waals surface area contributed by atoms with Gasteiger partial charge >= 0.3 is 12.1 Å². The van der Waals surface area contributed by atoms with Crippen molar-refractivity contribution in [3.63, 3.8) is 0 Å². The highest BCUT2D eigenvalue weighted by molar-refractivity contribution is 5.82. The van der Waals surface area contributed by atoms with Crippen molar-refractivity contribution in [1.82, 2.24) is 5.32 Å². The SMILES string of the molecule is CC[C@@H](O)[C@@H](O)[C@H](CO)NC(=O)C(F)(F)F. The summed E-state index contributed by atoms with van der Waals surface area (Å²) >= 11 is 0. The van der Waals surface area contributed by atoms with Gasteiger partial charge in [-0.2, -0.15) is 13.2 Å². The van der Waals surface area contributed by atoms with Crippen LogP contribution in [0, 0.1) is 0 Å². The van der Waals surface area contributed by atoms with Gasteiger partial charge in [-0.1, -0.05) is 6.92 Å². The predicted molar refractivity (Wildman–Crippen MR) is 47.4 cm³/mol. The second-order valence-electron chi connectivity index (χ2n) is 3.23. The highest BCUT2D eigenvalue weighted by Crippen LogP contribution is 2.15. The van der Waals surface area contributed by atoms with E-state index < -0.39 is 36.9 Å². The Balaban J connectivity index is 4.47. The molecule has 0 aliphatic carbocycles. The van der Waals surface area contributed by atoms with E-state index in [0.29, 0.717) is 0 Å². The summed E-state index contributed by atoms with van der Waals surface area (Å²) in [5.41, 5.74) is 0. The fraction of sp³-hybridized carbons (Fsp3) is 0.875. The minimum absolute atomic E-state index is 0.0829. The molecule has 0 aromatic rings. The molecule has 0 spiro atoms. The van der Waals surface area contributed by atoms with Gasteiger partial charge in [0, 0.05) is 0 Å². The van der Waals surface area contributed by atoms with Crippen LogP contribution in [0.3, 0.4) is 0 Å². The van der Waals surface area contributed by atoms with Crippen LogP contribution in [-0.2, 0) is 4.79 Å². The predicted octanol–water partition coefficient (Wildman–Crippen LogP) is -0.842. The lowest BCUT2D eigenvalue weighted by Crippen LogP contribution is -2.53. The maximum Gasteiger partial charge on any atom is 0.471 e. The number of amides is 1. The third kappa shape index (κ3) is 4.33. The smallest absolute Gasteiger partial charge is 0.394 e. The Labute approximate surface area is 89.9 Å². The van der Waals surface area contributed by atoms with E-state index >= 15 is 0 Å². The Morgan fingerprint density at radius 3 is 2.19 bits per heavy atom. The number of alkyl halides is 3. The summed E-state index contributed by atoms with van der Waals surface area (Å²) in [6.45, 7) is 0.591. The van der Waals surface area contributed by atoms with E-state index in [1.165, 1.54) is 12.2 Å². The second-order valence-corrected chi connectivity index (χ2v) is 3.23. The lowest BCUT2D eigenvalue weighted by molar-refractivity contribution is -0.176. The number of carbonyl (C=O) groups excluding carboxylic acids is 1. The Bertz CT molecular complexity index is 234. The Hall–Kier alpha value is -0.860. The number of halogens is 3. The fourth-order valence-electron chi connectivity index (χ4n) is 0.999. The molecule has 5 nitrogen and oxygen atoms in total. The Morgan fingerprint density at radius 2 is 1.88 bits per heavy atom. The van der Waals surface area contributed by atoms with Crippen LogP contribution in [0.1, 0.15) is 13.3 Å². The van der Waals surface area contributed by atoms with Crippen LogP contribution in [0.15, 0.2) is 0 Å². The van der Waals surface area contributed by atoms with Gasteiger partial charge in [0.05, 0.1) is 18.8 Å². The van der Waals surface area contributed by atoms with Gasteiger partial charge in [0.1, 0.15) is 6.10 Å². The van der Waals surface area contributed by atoms with Crippen molar-refractivity contribution in [3.05, 3.63) is 0 Å². The largest absolute Gasteiger partial charge is 0.471 e. The quantitative estimate of drug-likeness (QED) is 0.508. The van der Waals surface area contributed by atoms with Crippen molar-refractivity contribution in [2.24, 2.45) is 0 Å². The molecule has 0 rings (SSSR count).